The van der Waals surface area contributed by atoms with Gasteiger partial charge >= 0.3 is 5.97 Å². The summed E-state index contributed by atoms with van der Waals surface area (Å²) in [6.45, 7) is 5.16. The van der Waals surface area contributed by atoms with Crippen molar-refractivity contribution in [1.29, 1.82) is 0 Å². The van der Waals surface area contributed by atoms with Crippen molar-refractivity contribution in [2.75, 3.05) is 18.1 Å². The smallest absolute Gasteiger partial charge is 0.338 e. The molecule has 2 unspecified atom stereocenters. The van der Waals surface area contributed by atoms with E-state index in [2.05, 4.69) is 6.92 Å². The Bertz CT molecular complexity index is 691. The lowest BCUT2D eigenvalue weighted by atomic mass is 9.83. The molecule has 3 rings (SSSR count). The number of imide groups is 1. The average molecular weight is 329 g/mol. The lowest BCUT2D eigenvalue weighted by Crippen LogP contribution is -2.50. The molecule has 6 nitrogen and oxygen atoms in total. The predicted molar refractivity (Wildman–Crippen MR) is 86.5 cm³/mol. The van der Waals surface area contributed by atoms with Crippen LogP contribution in [0.25, 0.3) is 0 Å². The molecule has 2 aliphatic rings. The molecule has 1 fully saturated rings. The van der Waals surface area contributed by atoms with Gasteiger partial charge in [0.05, 0.1) is 30.1 Å². The van der Waals surface area contributed by atoms with Crippen LogP contribution in [0.1, 0.15) is 30.6 Å². The summed E-state index contributed by atoms with van der Waals surface area (Å²) in [5, 5.41) is 0. The molecule has 2 atom stereocenters. The van der Waals surface area contributed by atoms with E-state index in [1.54, 1.807) is 24.3 Å². The first-order chi connectivity index (χ1) is 11.4. The highest BCUT2D eigenvalue weighted by Gasteiger charge is 2.40. The molecule has 2 amide bonds. The fourth-order valence-electron chi connectivity index (χ4n) is 2.68. The average Bonchev–Trinajstić information content (AvgIpc) is 2.92. The van der Waals surface area contributed by atoms with E-state index in [0.29, 0.717) is 23.6 Å². The highest BCUT2D eigenvalue weighted by atomic mass is 16.5. The number of benzene rings is 1. The molecule has 2 aliphatic heterocycles. The standard InChI is InChI=1S/C18H19NO5/c1-12-11-24-18(12,2)9-10-23-17(22)13-3-5-14(6-4-13)19-15(20)7-8-16(19)21/h3-8,12H,9-11H2,1-2H3. The number of hydrogen-bond donors (Lipinski definition) is 0. The molecule has 0 aliphatic carbocycles. The number of carbonyl (C=O) groups is 3. The quantitative estimate of drug-likeness (QED) is 0.611. The van der Waals surface area contributed by atoms with E-state index in [-0.39, 0.29) is 12.2 Å². The fourth-order valence-corrected chi connectivity index (χ4v) is 2.68. The number of carbonyl (C=O) groups excluding carboxylic acids is 3. The van der Waals surface area contributed by atoms with Crippen LogP contribution >= 0.6 is 0 Å². The number of ether oxygens (including phenoxy) is 2. The van der Waals surface area contributed by atoms with Crippen molar-refractivity contribution in [2.24, 2.45) is 5.92 Å². The summed E-state index contributed by atoms with van der Waals surface area (Å²) < 4.78 is 10.8. The topological polar surface area (TPSA) is 72.9 Å². The van der Waals surface area contributed by atoms with Gasteiger partial charge in [0.1, 0.15) is 0 Å². The van der Waals surface area contributed by atoms with Crippen LogP contribution in [0.5, 0.6) is 0 Å². The molecule has 126 valence electrons. The third-order valence-corrected chi connectivity index (χ3v) is 4.71. The van der Waals surface area contributed by atoms with E-state index in [9.17, 15) is 14.4 Å². The molecule has 0 aromatic heterocycles. The van der Waals surface area contributed by atoms with E-state index >= 15 is 0 Å². The molecule has 0 spiro atoms. The maximum Gasteiger partial charge on any atom is 0.338 e. The van der Waals surface area contributed by atoms with E-state index in [1.165, 1.54) is 12.2 Å². The van der Waals surface area contributed by atoms with Gasteiger partial charge in [-0.15, -0.1) is 0 Å². The van der Waals surface area contributed by atoms with Crippen molar-refractivity contribution in [3.8, 4) is 0 Å². The van der Waals surface area contributed by atoms with E-state index in [1.807, 2.05) is 6.92 Å². The normalized spacial score (nSPS) is 25.8. The summed E-state index contributed by atoms with van der Waals surface area (Å²) in [5.74, 6) is -0.759. The Kier molecular flexibility index (Phi) is 4.24. The summed E-state index contributed by atoms with van der Waals surface area (Å²) in [6.07, 6.45) is 3.09. The Morgan fingerprint density at radius 2 is 1.88 bits per heavy atom. The molecular weight excluding hydrogens is 310 g/mol. The zero-order valence-electron chi connectivity index (χ0n) is 13.7. The predicted octanol–water partition coefficient (Wildman–Crippen LogP) is 2.09. The minimum atomic E-state index is -0.436. The Morgan fingerprint density at radius 3 is 2.38 bits per heavy atom. The number of rotatable bonds is 5. The fraction of sp³-hybridized carbons (Fsp3) is 0.389. The number of amides is 2. The van der Waals surface area contributed by atoms with Gasteiger partial charge in [-0.3, -0.25) is 9.59 Å². The van der Waals surface area contributed by atoms with Crippen LogP contribution in [0.4, 0.5) is 5.69 Å². The van der Waals surface area contributed by atoms with Gasteiger partial charge in [0.15, 0.2) is 0 Å². The highest BCUT2D eigenvalue weighted by Crippen LogP contribution is 2.35. The number of anilines is 1. The lowest BCUT2D eigenvalue weighted by Gasteiger charge is -2.45. The molecule has 0 saturated carbocycles. The van der Waals surface area contributed by atoms with Gasteiger partial charge < -0.3 is 9.47 Å². The van der Waals surface area contributed by atoms with Crippen LogP contribution in [0.3, 0.4) is 0 Å². The molecule has 2 heterocycles. The van der Waals surface area contributed by atoms with Crippen LogP contribution in [0.2, 0.25) is 0 Å². The summed E-state index contributed by atoms with van der Waals surface area (Å²) >= 11 is 0. The Balaban J connectivity index is 1.56. The SMILES string of the molecule is CC1COC1(C)CCOC(=O)c1ccc(N2C(=O)C=CC2=O)cc1. The largest absolute Gasteiger partial charge is 0.462 e. The van der Waals surface area contributed by atoms with E-state index in [4.69, 9.17) is 9.47 Å². The van der Waals surface area contributed by atoms with Gasteiger partial charge in [0, 0.05) is 24.5 Å². The van der Waals surface area contributed by atoms with Crippen molar-refractivity contribution in [3.05, 3.63) is 42.0 Å². The summed E-state index contributed by atoms with van der Waals surface area (Å²) in [5.41, 5.74) is 0.586. The summed E-state index contributed by atoms with van der Waals surface area (Å²) in [4.78, 5) is 36.3. The number of hydrogen-bond acceptors (Lipinski definition) is 5. The van der Waals surface area contributed by atoms with Crippen LogP contribution in [-0.2, 0) is 19.1 Å². The van der Waals surface area contributed by atoms with E-state index < -0.39 is 17.8 Å². The third-order valence-electron chi connectivity index (χ3n) is 4.71. The number of esters is 1. The van der Waals surface area contributed by atoms with Crippen molar-refractivity contribution < 1.29 is 23.9 Å². The first kappa shape index (κ1) is 16.4. The molecule has 0 N–H and O–H groups in total. The van der Waals surface area contributed by atoms with Gasteiger partial charge in [-0.2, -0.15) is 0 Å². The third kappa shape index (κ3) is 2.97. The molecule has 6 heteroatoms. The van der Waals surface area contributed by atoms with Gasteiger partial charge in [-0.05, 0) is 31.2 Å². The van der Waals surface area contributed by atoms with Crippen molar-refractivity contribution in [2.45, 2.75) is 25.9 Å². The minimum Gasteiger partial charge on any atom is -0.462 e. The van der Waals surface area contributed by atoms with Crippen LogP contribution < -0.4 is 4.90 Å². The van der Waals surface area contributed by atoms with Gasteiger partial charge in [-0.1, -0.05) is 6.92 Å². The summed E-state index contributed by atoms with van der Waals surface area (Å²) in [7, 11) is 0. The second-order valence-corrected chi connectivity index (χ2v) is 6.30. The molecule has 1 aromatic carbocycles. The van der Waals surface area contributed by atoms with Crippen molar-refractivity contribution in [1.82, 2.24) is 0 Å². The molecule has 1 aromatic rings. The minimum absolute atomic E-state index is 0.215. The Hall–Kier alpha value is -2.47. The van der Waals surface area contributed by atoms with Gasteiger partial charge in [0.2, 0.25) is 0 Å². The Morgan fingerprint density at radius 1 is 1.25 bits per heavy atom. The molecule has 0 bridgehead atoms. The first-order valence-electron chi connectivity index (χ1n) is 7.88. The van der Waals surface area contributed by atoms with Crippen molar-refractivity contribution in [3.63, 3.8) is 0 Å². The van der Waals surface area contributed by atoms with Crippen LogP contribution in [0, 0.1) is 5.92 Å². The maximum absolute atomic E-state index is 12.1. The molecular formula is C18H19NO5. The first-order valence-corrected chi connectivity index (χ1v) is 7.88. The second-order valence-electron chi connectivity index (χ2n) is 6.30. The highest BCUT2D eigenvalue weighted by molar-refractivity contribution is 6.28. The molecule has 0 radical (unpaired) electrons. The molecule has 1 saturated heterocycles. The zero-order valence-corrected chi connectivity index (χ0v) is 13.7. The van der Waals surface area contributed by atoms with Gasteiger partial charge in [0.25, 0.3) is 11.8 Å². The maximum atomic E-state index is 12.1. The number of nitrogens with zero attached hydrogens (tertiary/aromatic N) is 1. The summed E-state index contributed by atoms with van der Waals surface area (Å²) in [6, 6.07) is 6.19. The van der Waals surface area contributed by atoms with Crippen LogP contribution in [-0.4, -0.2) is 36.6 Å². The van der Waals surface area contributed by atoms with Crippen LogP contribution in [0.15, 0.2) is 36.4 Å². The zero-order chi connectivity index (χ0) is 17.3. The lowest BCUT2D eigenvalue weighted by molar-refractivity contribution is -0.193. The van der Waals surface area contributed by atoms with E-state index in [0.717, 1.165) is 11.5 Å². The molecule has 24 heavy (non-hydrogen) atoms. The van der Waals surface area contributed by atoms with Gasteiger partial charge in [-0.25, -0.2) is 9.69 Å². The Labute approximate surface area is 140 Å². The second kappa shape index (κ2) is 6.20. The van der Waals surface area contributed by atoms with Crippen molar-refractivity contribution >= 4 is 23.5 Å². The monoisotopic (exact) mass is 329 g/mol.